The van der Waals surface area contributed by atoms with E-state index < -0.39 is 0 Å². The van der Waals surface area contributed by atoms with Crippen LogP contribution in [0.3, 0.4) is 0 Å². The summed E-state index contributed by atoms with van der Waals surface area (Å²) in [5.74, 6) is 0.205. The van der Waals surface area contributed by atoms with Gasteiger partial charge in [0.25, 0.3) is 0 Å². The fourth-order valence-corrected chi connectivity index (χ4v) is 1.04. The fraction of sp³-hybridized carbons (Fsp3) is 0.727. The quantitative estimate of drug-likeness (QED) is 0.456. The maximum absolute atomic E-state index is 11.2. The Morgan fingerprint density at radius 2 is 1.92 bits per heavy atom. The van der Waals surface area contributed by atoms with Crippen molar-refractivity contribution in [3.63, 3.8) is 0 Å². The van der Waals surface area contributed by atoms with Crippen LogP contribution in [0.1, 0.15) is 26.7 Å². The van der Waals surface area contributed by atoms with Crippen LogP contribution in [-0.4, -0.2) is 37.5 Å². The van der Waals surface area contributed by atoms with Gasteiger partial charge in [-0.05, 0) is 19.4 Å². The molecule has 0 heterocycles. The third kappa shape index (κ3) is 5.58. The third-order valence-electron chi connectivity index (χ3n) is 2.50. The van der Waals surface area contributed by atoms with E-state index in [1.807, 2.05) is 0 Å². The van der Waals surface area contributed by atoms with Crippen LogP contribution in [0.2, 0.25) is 0 Å². The van der Waals surface area contributed by atoms with Gasteiger partial charge in [-0.25, -0.2) is 0 Å². The van der Waals surface area contributed by atoms with Crippen molar-refractivity contribution in [2.45, 2.75) is 26.7 Å². The lowest BCUT2D eigenvalue weighted by Gasteiger charge is -2.27. The van der Waals surface area contributed by atoms with Crippen LogP contribution in [-0.2, 0) is 4.79 Å². The Kier molecular flexibility index (Phi) is 4.92. The molecule has 0 atom stereocenters. The summed E-state index contributed by atoms with van der Waals surface area (Å²) in [4.78, 5) is 11.2. The number of carbonyl (C=O) groups is 1. The molecule has 0 bridgehead atoms. The molecule has 0 amide bonds. The van der Waals surface area contributed by atoms with Gasteiger partial charge in [-0.1, -0.05) is 6.58 Å². The minimum atomic E-state index is 0.205. The minimum Gasteiger partial charge on any atom is -0.329 e. The first-order valence-electron chi connectivity index (χ1n) is 4.90. The second-order valence-corrected chi connectivity index (χ2v) is 4.28. The molecule has 0 unspecified atom stereocenters. The Bertz CT molecular complexity index is 194. The predicted molar refractivity (Wildman–Crippen MR) is 56.6 cm³/mol. The molecule has 76 valence electrons. The zero-order chi connectivity index (χ0) is 10.5. The van der Waals surface area contributed by atoms with Crippen molar-refractivity contribution in [2.75, 3.05) is 27.2 Å². The highest BCUT2D eigenvalue weighted by molar-refractivity contribution is 5.93. The van der Waals surface area contributed by atoms with Crippen molar-refractivity contribution in [1.29, 1.82) is 0 Å². The minimum absolute atomic E-state index is 0.205. The van der Waals surface area contributed by atoms with Gasteiger partial charge in [0.15, 0.2) is 5.78 Å². The molecular formula is C11H22NO+. The molecule has 2 heteroatoms. The van der Waals surface area contributed by atoms with Crippen LogP contribution in [0.4, 0.5) is 0 Å². The Balaban J connectivity index is 3.68. The molecule has 0 aliphatic heterocycles. The van der Waals surface area contributed by atoms with Gasteiger partial charge in [0.1, 0.15) is 0 Å². The van der Waals surface area contributed by atoms with Crippen LogP contribution >= 0.6 is 0 Å². The molecule has 0 saturated carbocycles. The molecule has 0 N–H and O–H groups in total. The Morgan fingerprint density at radius 1 is 1.38 bits per heavy atom. The largest absolute Gasteiger partial charge is 0.329 e. The van der Waals surface area contributed by atoms with E-state index in [4.69, 9.17) is 0 Å². The van der Waals surface area contributed by atoms with Crippen LogP contribution in [0.25, 0.3) is 0 Å². The van der Waals surface area contributed by atoms with E-state index in [0.717, 1.165) is 24.0 Å². The van der Waals surface area contributed by atoms with Crippen molar-refractivity contribution in [3.05, 3.63) is 12.2 Å². The van der Waals surface area contributed by atoms with E-state index in [9.17, 15) is 4.79 Å². The summed E-state index contributed by atoms with van der Waals surface area (Å²) in [7, 11) is 4.37. The molecule has 0 aromatic heterocycles. The summed E-state index contributed by atoms with van der Waals surface area (Å²) in [6.07, 6.45) is 1.61. The Labute approximate surface area is 81.8 Å². The van der Waals surface area contributed by atoms with Gasteiger partial charge in [0, 0.05) is 12.8 Å². The average Bonchev–Trinajstić information content (AvgIpc) is 2.04. The third-order valence-corrected chi connectivity index (χ3v) is 2.50. The number of ketones is 1. The van der Waals surface area contributed by atoms with Gasteiger partial charge < -0.3 is 4.48 Å². The first-order chi connectivity index (χ1) is 5.89. The number of rotatable bonds is 6. The van der Waals surface area contributed by atoms with Gasteiger partial charge >= 0.3 is 0 Å². The van der Waals surface area contributed by atoms with Crippen molar-refractivity contribution in [2.24, 2.45) is 0 Å². The summed E-state index contributed by atoms with van der Waals surface area (Å²) in [6.45, 7) is 9.76. The Morgan fingerprint density at radius 3 is 2.31 bits per heavy atom. The van der Waals surface area contributed by atoms with E-state index in [1.54, 1.807) is 6.92 Å². The molecule has 2 nitrogen and oxygen atoms in total. The normalized spacial score (nSPS) is 11.4. The number of nitrogens with zero attached hydrogens (tertiary/aromatic N) is 1. The van der Waals surface area contributed by atoms with Gasteiger partial charge in [-0.3, -0.25) is 4.79 Å². The summed E-state index contributed by atoms with van der Waals surface area (Å²) in [5, 5.41) is 0. The fourth-order valence-electron chi connectivity index (χ4n) is 1.04. The van der Waals surface area contributed by atoms with Crippen molar-refractivity contribution >= 4 is 5.78 Å². The lowest BCUT2D eigenvalue weighted by Crippen LogP contribution is -2.40. The van der Waals surface area contributed by atoms with Gasteiger partial charge in [0.2, 0.25) is 0 Å². The SMILES string of the molecule is C=C(C)C(=O)CCC[N+](C)(C)CC. The van der Waals surface area contributed by atoms with E-state index in [-0.39, 0.29) is 5.78 Å². The number of hydrogen-bond acceptors (Lipinski definition) is 1. The molecule has 0 aromatic carbocycles. The van der Waals surface area contributed by atoms with Crippen LogP contribution in [0.15, 0.2) is 12.2 Å². The highest BCUT2D eigenvalue weighted by Crippen LogP contribution is 2.04. The summed E-state index contributed by atoms with van der Waals surface area (Å²) in [5.41, 5.74) is 0.682. The zero-order valence-corrected chi connectivity index (χ0v) is 9.39. The van der Waals surface area contributed by atoms with Crippen molar-refractivity contribution in [3.8, 4) is 0 Å². The molecule has 0 radical (unpaired) electrons. The molecule has 0 aromatic rings. The molecule has 0 aliphatic rings. The number of quaternary nitrogens is 1. The highest BCUT2D eigenvalue weighted by atomic mass is 16.1. The topological polar surface area (TPSA) is 17.1 Å². The monoisotopic (exact) mass is 184 g/mol. The van der Waals surface area contributed by atoms with Crippen molar-refractivity contribution < 1.29 is 9.28 Å². The summed E-state index contributed by atoms with van der Waals surface area (Å²) < 4.78 is 0.990. The molecule has 0 fully saturated rings. The smallest absolute Gasteiger partial charge is 0.158 e. The second kappa shape index (κ2) is 5.18. The number of Topliss-reactive ketones (excluding diaryl/α,β-unsaturated/α-hetero) is 1. The van der Waals surface area contributed by atoms with Gasteiger partial charge in [-0.15, -0.1) is 0 Å². The van der Waals surface area contributed by atoms with Crippen LogP contribution < -0.4 is 0 Å². The Hall–Kier alpha value is -0.630. The molecule has 0 aliphatic carbocycles. The van der Waals surface area contributed by atoms with E-state index in [1.165, 1.54) is 0 Å². The van der Waals surface area contributed by atoms with E-state index >= 15 is 0 Å². The highest BCUT2D eigenvalue weighted by Gasteiger charge is 2.12. The molecule has 0 rings (SSSR count). The number of carbonyl (C=O) groups excluding carboxylic acids is 1. The van der Waals surface area contributed by atoms with E-state index in [0.29, 0.717) is 12.0 Å². The average molecular weight is 184 g/mol. The standard InChI is InChI=1S/C11H22NO/c1-6-12(4,5)9-7-8-11(13)10(2)3/h2,6-9H2,1,3-5H3/q+1. The molecular weight excluding hydrogens is 162 g/mol. The number of allylic oxidation sites excluding steroid dienone is 1. The molecule has 13 heavy (non-hydrogen) atoms. The molecule has 0 spiro atoms. The van der Waals surface area contributed by atoms with Crippen LogP contribution in [0, 0.1) is 0 Å². The summed E-state index contributed by atoms with van der Waals surface area (Å²) >= 11 is 0. The maximum atomic E-state index is 11.2. The lowest BCUT2D eigenvalue weighted by molar-refractivity contribution is -0.888. The predicted octanol–water partition coefficient (Wildman–Crippen LogP) is 2.01. The second-order valence-electron chi connectivity index (χ2n) is 4.28. The number of hydrogen-bond donors (Lipinski definition) is 0. The maximum Gasteiger partial charge on any atom is 0.158 e. The van der Waals surface area contributed by atoms with E-state index in [2.05, 4.69) is 27.6 Å². The van der Waals surface area contributed by atoms with Crippen molar-refractivity contribution in [1.82, 2.24) is 0 Å². The first kappa shape index (κ1) is 12.4. The molecule has 0 saturated heterocycles. The van der Waals surface area contributed by atoms with Gasteiger partial charge in [0.05, 0.1) is 27.2 Å². The van der Waals surface area contributed by atoms with Gasteiger partial charge in [-0.2, -0.15) is 0 Å². The first-order valence-corrected chi connectivity index (χ1v) is 4.90. The van der Waals surface area contributed by atoms with Crippen LogP contribution in [0.5, 0.6) is 0 Å². The zero-order valence-electron chi connectivity index (χ0n) is 9.39. The summed E-state index contributed by atoms with van der Waals surface area (Å²) in [6, 6.07) is 0. The lowest BCUT2D eigenvalue weighted by atomic mass is 10.1.